The van der Waals surface area contributed by atoms with Crippen LogP contribution in [0.4, 0.5) is 0 Å². The van der Waals surface area contributed by atoms with Gasteiger partial charge in [0, 0.05) is 44.5 Å². The molecule has 1 aliphatic rings. The first-order valence-corrected chi connectivity index (χ1v) is 10.6. The van der Waals surface area contributed by atoms with Gasteiger partial charge in [-0.1, -0.05) is 48.5 Å². The van der Waals surface area contributed by atoms with Crippen LogP contribution >= 0.6 is 0 Å². The SMILES string of the molecule is CN=C(NCc1cnn(-c2ccccc2)c1)NCC1CCCN1Cc1ccccc1. The van der Waals surface area contributed by atoms with Crippen molar-refractivity contribution in [3.05, 3.63) is 84.2 Å². The van der Waals surface area contributed by atoms with E-state index in [2.05, 4.69) is 56.0 Å². The Morgan fingerprint density at radius 3 is 2.57 bits per heavy atom. The summed E-state index contributed by atoms with van der Waals surface area (Å²) in [4.78, 5) is 6.96. The molecule has 0 radical (unpaired) electrons. The van der Waals surface area contributed by atoms with E-state index < -0.39 is 0 Å². The third kappa shape index (κ3) is 5.27. The number of para-hydroxylation sites is 1. The Kier molecular flexibility index (Phi) is 6.77. The van der Waals surface area contributed by atoms with E-state index in [1.165, 1.54) is 18.4 Å². The summed E-state index contributed by atoms with van der Waals surface area (Å²) in [5, 5.41) is 11.4. The van der Waals surface area contributed by atoms with Gasteiger partial charge in [0.15, 0.2) is 5.96 Å². The smallest absolute Gasteiger partial charge is 0.191 e. The average molecular weight is 403 g/mol. The predicted molar refractivity (Wildman–Crippen MR) is 122 cm³/mol. The van der Waals surface area contributed by atoms with Crippen LogP contribution in [0.3, 0.4) is 0 Å². The number of nitrogens with one attached hydrogen (secondary N) is 2. The van der Waals surface area contributed by atoms with E-state index in [4.69, 9.17) is 0 Å². The van der Waals surface area contributed by atoms with Crippen LogP contribution in [-0.2, 0) is 13.1 Å². The normalized spacial score (nSPS) is 17.2. The van der Waals surface area contributed by atoms with Gasteiger partial charge in [-0.05, 0) is 37.1 Å². The molecule has 1 unspecified atom stereocenters. The number of aliphatic imine (C=N–C) groups is 1. The van der Waals surface area contributed by atoms with E-state index in [1.807, 2.05) is 54.5 Å². The number of benzene rings is 2. The van der Waals surface area contributed by atoms with Gasteiger partial charge in [-0.15, -0.1) is 0 Å². The lowest BCUT2D eigenvalue weighted by Gasteiger charge is -2.25. The molecule has 1 fully saturated rings. The monoisotopic (exact) mass is 402 g/mol. The van der Waals surface area contributed by atoms with Gasteiger partial charge < -0.3 is 10.6 Å². The van der Waals surface area contributed by atoms with Crippen molar-refractivity contribution in [3.63, 3.8) is 0 Å². The maximum atomic E-state index is 4.46. The van der Waals surface area contributed by atoms with Gasteiger partial charge in [0.1, 0.15) is 0 Å². The van der Waals surface area contributed by atoms with Crippen LogP contribution in [0.1, 0.15) is 24.0 Å². The van der Waals surface area contributed by atoms with E-state index in [0.717, 1.165) is 36.8 Å². The molecule has 0 saturated carbocycles. The first kappa shape index (κ1) is 20.2. The first-order valence-electron chi connectivity index (χ1n) is 10.6. The quantitative estimate of drug-likeness (QED) is 0.471. The van der Waals surface area contributed by atoms with Crippen LogP contribution in [0.15, 0.2) is 78.0 Å². The predicted octanol–water partition coefficient (Wildman–Crippen LogP) is 3.20. The Morgan fingerprint density at radius 2 is 1.80 bits per heavy atom. The Bertz CT molecular complexity index is 935. The maximum absolute atomic E-state index is 4.46. The minimum atomic E-state index is 0.532. The highest BCUT2D eigenvalue weighted by Gasteiger charge is 2.24. The Labute approximate surface area is 178 Å². The van der Waals surface area contributed by atoms with Crippen LogP contribution in [0, 0.1) is 0 Å². The van der Waals surface area contributed by atoms with Gasteiger partial charge >= 0.3 is 0 Å². The summed E-state index contributed by atoms with van der Waals surface area (Å²) < 4.78 is 1.90. The molecule has 4 rings (SSSR count). The fourth-order valence-electron chi connectivity index (χ4n) is 3.95. The highest BCUT2D eigenvalue weighted by Crippen LogP contribution is 2.19. The van der Waals surface area contributed by atoms with Crippen molar-refractivity contribution >= 4 is 5.96 Å². The zero-order valence-corrected chi connectivity index (χ0v) is 17.5. The minimum Gasteiger partial charge on any atom is -0.355 e. The van der Waals surface area contributed by atoms with E-state index in [1.54, 1.807) is 0 Å². The summed E-state index contributed by atoms with van der Waals surface area (Å²) in [5.74, 6) is 0.828. The molecule has 1 atom stereocenters. The molecule has 1 saturated heterocycles. The Hall–Kier alpha value is -3.12. The zero-order chi connectivity index (χ0) is 20.6. The number of rotatable bonds is 7. The van der Waals surface area contributed by atoms with E-state index in [0.29, 0.717) is 12.6 Å². The van der Waals surface area contributed by atoms with Crippen LogP contribution in [0.25, 0.3) is 5.69 Å². The minimum absolute atomic E-state index is 0.532. The molecule has 2 N–H and O–H groups in total. The number of hydrogen-bond acceptors (Lipinski definition) is 3. The second-order valence-corrected chi connectivity index (χ2v) is 7.69. The Morgan fingerprint density at radius 1 is 1.03 bits per heavy atom. The molecule has 6 nitrogen and oxygen atoms in total. The van der Waals surface area contributed by atoms with Gasteiger partial charge in [-0.2, -0.15) is 5.10 Å². The number of aromatic nitrogens is 2. The molecule has 30 heavy (non-hydrogen) atoms. The van der Waals surface area contributed by atoms with E-state index >= 15 is 0 Å². The lowest BCUT2D eigenvalue weighted by atomic mass is 10.2. The molecule has 0 spiro atoms. The number of hydrogen-bond donors (Lipinski definition) is 2. The van der Waals surface area contributed by atoms with Gasteiger partial charge in [0.05, 0.1) is 11.9 Å². The highest BCUT2D eigenvalue weighted by atomic mass is 15.3. The number of guanidine groups is 1. The van der Waals surface area contributed by atoms with Crippen molar-refractivity contribution in [2.45, 2.75) is 32.0 Å². The number of nitrogens with zero attached hydrogens (tertiary/aromatic N) is 4. The summed E-state index contributed by atoms with van der Waals surface area (Å²) in [6, 6.07) is 21.4. The van der Waals surface area contributed by atoms with Gasteiger partial charge in [-0.3, -0.25) is 9.89 Å². The summed E-state index contributed by atoms with van der Waals surface area (Å²) in [5.41, 5.74) is 3.56. The summed E-state index contributed by atoms with van der Waals surface area (Å²) in [6.45, 7) is 3.75. The largest absolute Gasteiger partial charge is 0.355 e. The standard InChI is InChI=1S/C24H30N6/c1-25-24(26-15-21-16-28-30(19-21)22-11-6-3-7-12-22)27-17-23-13-8-14-29(23)18-20-9-4-2-5-10-20/h2-7,9-12,16,19,23H,8,13-15,17-18H2,1H3,(H2,25,26,27). The highest BCUT2D eigenvalue weighted by molar-refractivity contribution is 5.79. The maximum Gasteiger partial charge on any atom is 0.191 e. The molecule has 1 aliphatic heterocycles. The fourth-order valence-corrected chi connectivity index (χ4v) is 3.95. The molecule has 3 aromatic rings. The topological polar surface area (TPSA) is 57.5 Å². The Balaban J connectivity index is 1.26. The first-order chi connectivity index (χ1) is 14.8. The lowest BCUT2D eigenvalue weighted by Crippen LogP contribution is -2.44. The van der Waals surface area contributed by atoms with Crippen molar-refractivity contribution in [2.24, 2.45) is 4.99 Å². The summed E-state index contributed by atoms with van der Waals surface area (Å²) in [6.07, 6.45) is 6.42. The van der Waals surface area contributed by atoms with E-state index in [9.17, 15) is 0 Å². The number of likely N-dealkylation sites (tertiary alicyclic amines) is 1. The third-order valence-electron chi connectivity index (χ3n) is 5.57. The van der Waals surface area contributed by atoms with Crippen molar-refractivity contribution in [1.82, 2.24) is 25.3 Å². The van der Waals surface area contributed by atoms with Crippen molar-refractivity contribution in [3.8, 4) is 5.69 Å². The third-order valence-corrected chi connectivity index (χ3v) is 5.57. The van der Waals surface area contributed by atoms with Crippen LogP contribution in [0.5, 0.6) is 0 Å². The molecule has 156 valence electrons. The van der Waals surface area contributed by atoms with Crippen LogP contribution < -0.4 is 10.6 Å². The molecule has 0 aliphatic carbocycles. The molecular formula is C24H30N6. The zero-order valence-electron chi connectivity index (χ0n) is 17.5. The fraction of sp³-hybridized carbons (Fsp3) is 0.333. The molecule has 6 heteroatoms. The van der Waals surface area contributed by atoms with Gasteiger partial charge in [-0.25, -0.2) is 4.68 Å². The molecule has 0 amide bonds. The van der Waals surface area contributed by atoms with E-state index in [-0.39, 0.29) is 0 Å². The molecule has 2 heterocycles. The molecule has 0 bridgehead atoms. The van der Waals surface area contributed by atoms with Gasteiger partial charge in [0.2, 0.25) is 0 Å². The van der Waals surface area contributed by atoms with Crippen LogP contribution in [-0.4, -0.2) is 46.8 Å². The molecule has 2 aromatic carbocycles. The summed E-state index contributed by atoms with van der Waals surface area (Å²) >= 11 is 0. The lowest BCUT2D eigenvalue weighted by molar-refractivity contribution is 0.245. The molecular weight excluding hydrogens is 372 g/mol. The average Bonchev–Trinajstić information content (AvgIpc) is 3.45. The van der Waals surface area contributed by atoms with Gasteiger partial charge in [0.25, 0.3) is 0 Å². The van der Waals surface area contributed by atoms with Crippen LogP contribution in [0.2, 0.25) is 0 Å². The van der Waals surface area contributed by atoms with Crippen molar-refractivity contribution in [2.75, 3.05) is 20.1 Å². The second kappa shape index (κ2) is 10.1. The second-order valence-electron chi connectivity index (χ2n) is 7.69. The summed E-state index contributed by atoms with van der Waals surface area (Å²) in [7, 11) is 1.82. The molecule has 1 aromatic heterocycles. The van der Waals surface area contributed by atoms with Crippen molar-refractivity contribution < 1.29 is 0 Å². The van der Waals surface area contributed by atoms with Crippen molar-refractivity contribution in [1.29, 1.82) is 0 Å².